The molecule has 0 bridgehead atoms. The Kier molecular flexibility index (Phi) is 6.98. The number of nitriles is 1. The van der Waals surface area contributed by atoms with Crippen LogP contribution in [0.5, 0.6) is 0 Å². The standard InChI is InChI=1S/C28H35N9O5S/c1-18-14-35(9-10-36(18)25(39)28(17-29)7-8-28)22-12-20(43(40,41)33-27(2)5-6-27)11-21-23(22)31-26(32-42-4)37(24(21)38)16-19-13-30-34(3)15-19/h11-13,15,18,33H,5-10,14,16H2,1-4H3,(H,31,32). The van der Waals surface area contributed by atoms with E-state index in [4.69, 9.17) is 9.82 Å². The van der Waals surface area contributed by atoms with E-state index in [1.165, 1.54) is 17.7 Å². The number of aromatic nitrogens is 4. The zero-order valence-corrected chi connectivity index (χ0v) is 25.4. The highest BCUT2D eigenvalue weighted by atomic mass is 32.2. The Morgan fingerprint density at radius 1 is 1.23 bits per heavy atom. The van der Waals surface area contributed by atoms with Crippen LogP contribution in [0.1, 0.15) is 45.1 Å². The van der Waals surface area contributed by atoms with Gasteiger partial charge in [0.2, 0.25) is 21.9 Å². The first kappa shape index (κ1) is 29.1. The van der Waals surface area contributed by atoms with Gasteiger partial charge in [0.05, 0.1) is 41.9 Å². The Labute approximate surface area is 249 Å². The van der Waals surface area contributed by atoms with Crippen molar-refractivity contribution in [2.75, 3.05) is 37.1 Å². The van der Waals surface area contributed by atoms with Gasteiger partial charge < -0.3 is 9.80 Å². The van der Waals surface area contributed by atoms with Crippen LogP contribution in [0.3, 0.4) is 0 Å². The third-order valence-electron chi connectivity index (χ3n) is 8.60. The fourth-order valence-corrected chi connectivity index (χ4v) is 7.16. The van der Waals surface area contributed by atoms with Crippen LogP contribution in [-0.2, 0) is 33.2 Å². The van der Waals surface area contributed by atoms with Crippen molar-refractivity contribution in [3.63, 3.8) is 0 Å². The van der Waals surface area contributed by atoms with Gasteiger partial charge in [0.15, 0.2) is 0 Å². The second kappa shape index (κ2) is 10.3. The molecule has 15 heteroatoms. The lowest BCUT2D eigenvalue weighted by molar-refractivity contribution is -0.137. The van der Waals surface area contributed by atoms with Gasteiger partial charge in [-0.05, 0) is 51.7 Å². The highest BCUT2D eigenvalue weighted by Gasteiger charge is 2.53. The van der Waals surface area contributed by atoms with Crippen LogP contribution >= 0.6 is 0 Å². The van der Waals surface area contributed by atoms with Crippen LogP contribution in [0.4, 0.5) is 11.6 Å². The van der Waals surface area contributed by atoms with Gasteiger partial charge in [-0.3, -0.25) is 23.7 Å². The van der Waals surface area contributed by atoms with E-state index in [2.05, 4.69) is 21.4 Å². The summed E-state index contributed by atoms with van der Waals surface area (Å²) in [5.41, 5.74) is 2.33. The van der Waals surface area contributed by atoms with Crippen molar-refractivity contribution in [1.29, 1.82) is 5.26 Å². The molecule has 6 rings (SSSR count). The van der Waals surface area contributed by atoms with Crippen molar-refractivity contribution in [3.8, 4) is 6.07 Å². The van der Waals surface area contributed by atoms with E-state index < -0.39 is 26.5 Å². The third kappa shape index (κ3) is 5.34. The largest absolute Gasteiger partial charge is 0.366 e. The summed E-state index contributed by atoms with van der Waals surface area (Å²) >= 11 is 0. The smallest absolute Gasteiger partial charge is 0.263 e. The molecule has 1 aliphatic heterocycles. The number of anilines is 2. The monoisotopic (exact) mass is 609 g/mol. The van der Waals surface area contributed by atoms with Gasteiger partial charge in [0, 0.05) is 50.0 Å². The maximum absolute atomic E-state index is 14.1. The van der Waals surface area contributed by atoms with Crippen molar-refractivity contribution in [2.45, 2.75) is 62.6 Å². The molecule has 3 fully saturated rings. The highest BCUT2D eigenvalue weighted by Crippen LogP contribution is 2.47. The fourth-order valence-electron chi connectivity index (χ4n) is 5.65. The molecule has 0 radical (unpaired) electrons. The molecule has 14 nitrogen and oxygen atoms in total. The van der Waals surface area contributed by atoms with E-state index in [1.54, 1.807) is 35.1 Å². The van der Waals surface area contributed by atoms with Crippen LogP contribution in [0, 0.1) is 16.7 Å². The van der Waals surface area contributed by atoms with E-state index >= 15 is 0 Å². The lowest BCUT2D eigenvalue weighted by Crippen LogP contribution is -2.55. The number of carbonyl (C=O) groups excluding carboxylic acids is 1. The molecular formula is C28H35N9O5S. The van der Waals surface area contributed by atoms with Crippen LogP contribution in [0.15, 0.2) is 34.2 Å². The van der Waals surface area contributed by atoms with Gasteiger partial charge in [-0.2, -0.15) is 10.4 Å². The number of carbonyl (C=O) groups is 1. The number of fused-ring (bicyclic) bond motifs is 1. The summed E-state index contributed by atoms with van der Waals surface area (Å²) in [5, 5.41) is 13.9. The molecule has 1 saturated heterocycles. The van der Waals surface area contributed by atoms with Crippen molar-refractivity contribution in [1.82, 2.24) is 29.0 Å². The number of hydrogen-bond acceptors (Lipinski definition) is 10. The van der Waals surface area contributed by atoms with E-state index in [0.717, 1.165) is 18.4 Å². The Balaban J connectivity index is 1.46. The predicted molar refractivity (Wildman–Crippen MR) is 158 cm³/mol. The summed E-state index contributed by atoms with van der Waals surface area (Å²) in [6, 6.07) is 4.86. The molecule has 1 atom stereocenters. The van der Waals surface area contributed by atoms with E-state index in [0.29, 0.717) is 43.7 Å². The molecule has 43 heavy (non-hydrogen) atoms. The number of sulfonamides is 1. The summed E-state index contributed by atoms with van der Waals surface area (Å²) < 4.78 is 33.0. The van der Waals surface area contributed by atoms with Crippen molar-refractivity contribution in [2.24, 2.45) is 12.5 Å². The number of aryl methyl sites for hydroxylation is 1. The van der Waals surface area contributed by atoms with Gasteiger partial charge in [-0.1, -0.05) is 0 Å². The average molecular weight is 610 g/mol. The zero-order chi connectivity index (χ0) is 30.7. The molecule has 1 aromatic carbocycles. The molecule has 3 aromatic rings. The second-order valence-corrected chi connectivity index (χ2v) is 13.8. The first-order valence-corrected chi connectivity index (χ1v) is 15.7. The van der Waals surface area contributed by atoms with E-state index in [1.807, 2.05) is 18.7 Å². The molecule has 3 aliphatic rings. The van der Waals surface area contributed by atoms with Crippen molar-refractivity contribution < 1.29 is 18.0 Å². The maximum atomic E-state index is 14.1. The molecule has 3 heterocycles. The van der Waals surface area contributed by atoms with Gasteiger partial charge in [0.25, 0.3) is 5.56 Å². The minimum Gasteiger partial charge on any atom is -0.366 e. The summed E-state index contributed by atoms with van der Waals surface area (Å²) in [4.78, 5) is 40.8. The molecular weight excluding hydrogens is 574 g/mol. The number of nitrogens with one attached hydrogen (secondary N) is 2. The molecule has 2 aromatic heterocycles. The Morgan fingerprint density at radius 3 is 2.56 bits per heavy atom. The summed E-state index contributed by atoms with van der Waals surface area (Å²) in [5.74, 6) is -0.0101. The maximum Gasteiger partial charge on any atom is 0.263 e. The van der Waals surface area contributed by atoms with E-state index in [-0.39, 0.29) is 34.7 Å². The fraction of sp³-hybridized carbons (Fsp3) is 0.536. The Morgan fingerprint density at radius 2 is 1.98 bits per heavy atom. The topological polar surface area (TPSA) is 167 Å². The molecule has 2 aliphatic carbocycles. The summed E-state index contributed by atoms with van der Waals surface area (Å²) in [6.45, 7) is 4.96. The minimum atomic E-state index is -3.97. The van der Waals surface area contributed by atoms with Crippen LogP contribution in [0.25, 0.3) is 10.9 Å². The van der Waals surface area contributed by atoms with E-state index in [9.17, 15) is 23.3 Å². The summed E-state index contributed by atoms with van der Waals surface area (Å²) in [7, 11) is -0.786. The lowest BCUT2D eigenvalue weighted by atomic mass is 10.0. The predicted octanol–water partition coefficient (Wildman–Crippen LogP) is 1.32. The molecule has 2 N–H and O–H groups in total. The van der Waals surface area contributed by atoms with Crippen LogP contribution < -0.4 is 20.7 Å². The van der Waals surface area contributed by atoms with Crippen LogP contribution in [0.2, 0.25) is 0 Å². The van der Waals surface area contributed by atoms with Gasteiger partial charge in [-0.25, -0.2) is 23.6 Å². The number of piperazine rings is 1. The van der Waals surface area contributed by atoms with Gasteiger partial charge in [0.1, 0.15) is 10.9 Å². The first-order chi connectivity index (χ1) is 20.4. The van der Waals surface area contributed by atoms with Gasteiger partial charge in [-0.15, -0.1) is 0 Å². The zero-order valence-electron chi connectivity index (χ0n) is 24.6. The Bertz CT molecular complexity index is 1820. The number of rotatable bonds is 9. The molecule has 1 amide bonds. The number of hydrogen-bond donors (Lipinski definition) is 2. The van der Waals surface area contributed by atoms with Crippen LogP contribution in [-0.4, -0.2) is 76.9 Å². The normalized spacial score (nSPS) is 20.6. The molecule has 2 saturated carbocycles. The third-order valence-corrected chi connectivity index (χ3v) is 10.2. The first-order valence-electron chi connectivity index (χ1n) is 14.2. The summed E-state index contributed by atoms with van der Waals surface area (Å²) in [6.07, 6.45) is 6.01. The highest BCUT2D eigenvalue weighted by molar-refractivity contribution is 7.89. The van der Waals surface area contributed by atoms with Crippen molar-refractivity contribution in [3.05, 3.63) is 40.4 Å². The molecule has 1 unspecified atom stereocenters. The minimum absolute atomic E-state index is 0.0324. The van der Waals surface area contributed by atoms with Gasteiger partial charge >= 0.3 is 0 Å². The number of amides is 1. The SMILES string of the molecule is CONc1nc2c(N3CCN(C(=O)C4(C#N)CC4)C(C)C3)cc(S(=O)(=O)NC3(C)CC3)cc2c(=O)n1Cc1cnn(C)c1. The van der Waals surface area contributed by atoms with Crippen molar-refractivity contribution >= 4 is 38.5 Å². The lowest BCUT2D eigenvalue weighted by Gasteiger charge is -2.42. The number of nitrogens with zero attached hydrogens (tertiary/aromatic N) is 7. The molecule has 0 spiro atoms. The molecule has 228 valence electrons. The second-order valence-electron chi connectivity index (χ2n) is 12.1. The number of benzene rings is 1. The Hall–Kier alpha value is -4.00. The quantitative estimate of drug-likeness (QED) is 0.338. The average Bonchev–Trinajstić information content (AvgIpc) is 3.87.